The molecule has 3 aromatic rings. The summed E-state index contributed by atoms with van der Waals surface area (Å²) in [6.07, 6.45) is 1.92. The fraction of sp³-hybridized carbons (Fsp3) is 0.174. The molecule has 0 unspecified atom stereocenters. The molecule has 168 valence electrons. The number of thioether (sulfide) groups is 1. The molecule has 0 atom stereocenters. The number of amides is 1. The van der Waals surface area contributed by atoms with Crippen molar-refractivity contribution in [3.05, 3.63) is 76.4 Å². The SMILES string of the molecule is CCOc1ccccc1N(CC(=O)Nc1ccc(I)cc1)S(=O)(=O)c1ccc(SC)cc1. The monoisotopic (exact) mass is 582 g/mol. The van der Waals surface area contributed by atoms with Crippen LogP contribution in [0.2, 0.25) is 0 Å². The minimum atomic E-state index is -4.03. The molecule has 3 aromatic carbocycles. The average molecular weight is 582 g/mol. The number of para-hydroxylation sites is 2. The lowest BCUT2D eigenvalue weighted by Crippen LogP contribution is -2.38. The number of sulfonamides is 1. The number of halogens is 1. The van der Waals surface area contributed by atoms with Gasteiger partial charge in [-0.05, 0) is 96.4 Å². The minimum Gasteiger partial charge on any atom is -0.492 e. The van der Waals surface area contributed by atoms with Crippen LogP contribution in [0, 0.1) is 3.57 Å². The van der Waals surface area contributed by atoms with Crippen molar-refractivity contribution in [3.63, 3.8) is 0 Å². The molecule has 0 saturated heterocycles. The van der Waals surface area contributed by atoms with Gasteiger partial charge in [0.1, 0.15) is 12.3 Å². The molecule has 0 bridgehead atoms. The molecular formula is C23H23IN2O4S2. The van der Waals surface area contributed by atoms with E-state index in [0.717, 1.165) is 12.8 Å². The Morgan fingerprint density at radius 3 is 2.31 bits per heavy atom. The molecule has 0 radical (unpaired) electrons. The Kier molecular flexibility index (Phi) is 8.44. The number of benzene rings is 3. The smallest absolute Gasteiger partial charge is 0.264 e. The first-order valence-electron chi connectivity index (χ1n) is 9.79. The van der Waals surface area contributed by atoms with E-state index in [0.29, 0.717) is 23.7 Å². The molecule has 0 saturated carbocycles. The van der Waals surface area contributed by atoms with E-state index < -0.39 is 22.5 Å². The van der Waals surface area contributed by atoms with Crippen LogP contribution in [-0.2, 0) is 14.8 Å². The largest absolute Gasteiger partial charge is 0.492 e. The van der Waals surface area contributed by atoms with Gasteiger partial charge in [0.15, 0.2) is 0 Å². The highest BCUT2D eigenvalue weighted by atomic mass is 127. The standard InChI is InChI=1S/C23H23IN2O4S2/c1-3-30-22-7-5-4-6-21(22)26(16-23(27)25-18-10-8-17(24)9-11-18)32(28,29)20-14-12-19(31-2)13-15-20/h4-15H,3,16H2,1-2H3,(H,25,27). The Hall–Kier alpha value is -2.24. The predicted octanol–water partition coefficient (Wildman–Crippen LogP) is 5.25. The fourth-order valence-electron chi connectivity index (χ4n) is 2.98. The van der Waals surface area contributed by atoms with Crippen molar-refractivity contribution in [3.8, 4) is 5.75 Å². The molecule has 0 fully saturated rings. The van der Waals surface area contributed by atoms with Crippen LogP contribution in [0.1, 0.15) is 6.92 Å². The van der Waals surface area contributed by atoms with E-state index in [2.05, 4.69) is 27.9 Å². The van der Waals surface area contributed by atoms with Crippen LogP contribution in [0.15, 0.2) is 82.6 Å². The molecule has 0 aliphatic carbocycles. The van der Waals surface area contributed by atoms with Gasteiger partial charge in [0.2, 0.25) is 5.91 Å². The Morgan fingerprint density at radius 2 is 1.69 bits per heavy atom. The van der Waals surface area contributed by atoms with Crippen LogP contribution in [0.5, 0.6) is 5.75 Å². The summed E-state index contributed by atoms with van der Waals surface area (Å²) in [5.74, 6) is -0.0665. The maximum Gasteiger partial charge on any atom is 0.264 e. The molecule has 0 aromatic heterocycles. The molecule has 1 amide bonds. The number of hydrogen-bond acceptors (Lipinski definition) is 5. The van der Waals surface area contributed by atoms with Gasteiger partial charge in [0.05, 0.1) is 17.2 Å². The van der Waals surface area contributed by atoms with E-state index in [9.17, 15) is 13.2 Å². The summed E-state index contributed by atoms with van der Waals surface area (Å²) >= 11 is 3.70. The lowest BCUT2D eigenvalue weighted by molar-refractivity contribution is -0.114. The van der Waals surface area contributed by atoms with Crippen molar-refractivity contribution < 1.29 is 17.9 Å². The quantitative estimate of drug-likeness (QED) is 0.276. The van der Waals surface area contributed by atoms with Crippen molar-refractivity contribution in [2.75, 3.05) is 29.0 Å². The zero-order chi connectivity index (χ0) is 23.1. The van der Waals surface area contributed by atoms with Crippen molar-refractivity contribution in [1.82, 2.24) is 0 Å². The summed E-state index contributed by atoms with van der Waals surface area (Å²) in [7, 11) is -4.03. The van der Waals surface area contributed by atoms with E-state index in [-0.39, 0.29) is 4.90 Å². The van der Waals surface area contributed by atoms with E-state index in [1.54, 1.807) is 60.7 Å². The van der Waals surface area contributed by atoms with Crippen molar-refractivity contribution in [1.29, 1.82) is 0 Å². The third kappa shape index (κ3) is 5.96. The maximum absolute atomic E-state index is 13.6. The van der Waals surface area contributed by atoms with Gasteiger partial charge in [-0.1, -0.05) is 12.1 Å². The summed E-state index contributed by atoms with van der Waals surface area (Å²) < 4.78 is 35.0. The second-order valence-corrected chi connectivity index (χ2v) is 10.6. The number of carbonyl (C=O) groups is 1. The first-order valence-corrected chi connectivity index (χ1v) is 13.5. The van der Waals surface area contributed by atoms with Crippen LogP contribution < -0.4 is 14.4 Å². The molecule has 0 aliphatic rings. The molecule has 6 nitrogen and oxygen atoms in total. The van der Waals surface area contributed by atoms with Crippen LogP contribution >= 0.6 is 34.4 Å². The van der Waals surface area contributed by atoms with E-state index in [4.69, 9.17) is 4.74 Å². The Labute approximate surface area is 206 Å². The lowest BCUT2D eigenvalue weighted by Gasteiger charge is -2.26. The minimum absolute atomic E-state index is 0.101. The Morgan fingerprint density at radius 1 is 1.03 bits per heavy atom. The fourth-order valence-corrected chi connectivity index (χ4v) is 5.18. The molecule has 1 N–H and O–H groups in total. The van der Waals surface area contributed by atoms with Crippen LogP contribution in [-0.4, -0.2) is 33.7 Å². The third-order valence-electron chi connectivity index (χ3n) is 4.50. The summed E-state index contributed by atoms with van der Waals surface area (Å²) in [4.78, 5) is 13.9. The first kappa shape index (κ1) is 24.4. The van der Waals surface area contributed by atoms with Gasteiger partial charge in [-0.2, -0.15) is 0 Å². The van der Waals surface area contributed by atoms with Gasteiger partial charge >= 0.3 is 0 Å². The van der Waals surface area contributed by atoms with Crippen LogP contribution in [0.25, 0.3) is 0 Å². The molecule has 3 rings (SSSR count). The zero-order valence-corrected chi connectivity index (χ0v) is 21.4. The number of nitrogens with zero attached hydrogens (tertiary/aromatic N) is 1. The van der Waals surface area contributed by atoms with Gasteiger partial charge in [-0.3, -0.25) is 9.10 Å². The van der Waals surface area contributed by atoms with Crippen molar-refractivity contribution in [2.24, 2.45) is 0 Å². The molecule has 32 heavy (non-hydrogen) atoms. The number of hydrogen-bond donors (Lipinski definition) is 1. The van der Waals surface area contributed by atoms with Crippen LogP contribution in [0.4, 0.5) is 11.4 Å². The van der Waals surface area contributed by atoms with Crippen molar-refractivity contribution in [2.45, 2.75) is 16.7 Å². The van der Waals surface area contributed by atoms with E-state index in [1.165, 1.54) is 11.8 Å². The number of nitrogens with one attached hydrogen (secondary N) is 1. The van der Waals surface area contributed by atoms with E-state index >= 15 is 0 Å². The molecule has 9 heteroatoms. The summed E-state index contributed by atoms with van der Waals surface area (Å²) in [5, 5.41) is 2.77. The normalized spacial score (nSPS) is 11.1. The summed E-state index contributed by atoms with van der Waals surface area (Å²) in [6, 6.07) is 20.7. The number of rotatable bonds is 9. The number of carbonyl (C=O) groups excluding carboxylic acids is 1. The molecule has 0 heterocycles. The molecule has 0 aliphatic heterocycles. The predicted molar refractivity (Wildman–Crippen MR) is 138 cm³/mol. The summed E-state index contributed by atoms with van der Waals surface area (Å²) in [5.41, 5.74) is 0.899. The van der Waals surface area contributed by atoms with Gasteiger partial charge in [-0.25, -0.2) is 8.42 Å². The van der Waals surface area contributed by atoms with E-state index in [1.807, 2.05) is 25.3 Å². The van der Waals surface area contributed by atoms with Gasteiger partial charge in [0.25, 0.3) is 10.0 Å². The second kappa shape index (κ2) is 11.1. The highest BCUT2D eigenvalue weighted by molar-refractivity contribution is 14.1. The van der Waals surface area contributed by atoms with Gasteiger partial charge in [0, 0.05) is 14.2 Å². The zero-order valence-electron chi connectivity index (χ0n) is 17.6. The highest BCUT2D eigenvalue weighted by Crippen LogP contribution is 2.33. The highest BCUT2D eigenvalue weighted by Gasteiger charge is 2.29. The summed E-state index contributed by atoms with van der Waals surface area (Å²) in [6.45, 7) is 1.78. The third-order valence-corrected chi connectivity index (χ3v) is 7.73. The topological polar surface area (TPSA) is 75.7 Å². The van der Waals surface area contributed by atoms with Crippen molar-refractivity contribution >= 4 is 61.7 Å². The Bertz CT molecular complexity index is 1170. The average Bonchev–Trinajstić information content (AvgIpc) is 2.80. The number of ether oxygens (including phenoxy) is 1. The molecule has 0 spiro atoms. The first-order chi connectivity index (χ1) is 15.3. The van der Waals surface area contributed by atoms with Crippen LogP contribution in [0.3, 0.4) is 0 Å². The second-order valence-electron chi connectivity index (χ2n) is 6.64. The Balaban J connectivity index is 1.99. The van der Waals surface area contributed by atoms with Gasteiger partial charge in [-0.15, -0.1) is 11.8 Å². The maximum atomic E-state index is 13.6. The number of anilines is 2. The molecular weight excluding hydrogens is 559 g/mol. The lowest BCUT2D eigenvalue weighted by atomic mass is 10.3. The van der Waals surface area contributed by atoms with Gasteiger partial charge < -0.3 is 10.1 Å².